The van der Waals surface area contributed by atoms with Gasteiger partial charge in [0.1, 0.15) is 13.2 Å². The van der Waals surface area contributed by atoms with E-state index < -0.39 is 0 Å². The zero-order chi connectivity index (χ0) is 14.8. The van der Waals surface area contributed by atoms with E-state index in [4.69, 9.17) is 14.2 Å². The molecule has 1 atom stereocenters. The van der Waals surface area contributed by atoms with Crippen LogP contribution in [0.25, 0.3) is 0 Å². The maximum Gasteiger partial charge on any atom is 0.310 e. The number of nitrogens with zero attached hydrogens (tertiary/aromatic N) is 1. The van der Waals surface area contributed by atoms with Crippen molar-refractivity contribution < 1.29 is 23.8 Å². The van der Waals surface area contributed by atoms with Crippen molar-refractivity contribution in [2.75, 3.05) is 26.9 Å². The Morgan fingerprint density at radius 1 is 1.33 bits per heavy atom. The van der Waals surface area contributed by atoms with Crippen molar-refractivity contribution in [3.63, 3.8) is 0 Å². The van der Waals surface area contributed by atoms with E-state index in [1.165, 1.54) is 7.11 Å². The van der Waals surface area contributed by atoms with Gasteiger partial charge in [-0.1, -0.05) is 6.07 Å². The number of hydrogen-bond donors (Lipinski definition) is 0. The Labute approximate surface area is 122 Å². The third-order valence-electron chi connectivity index (χ3n) is 3.73. The summed E-state index contributed by atoms with van der Waals surface area (Å²) < 4.78 is 15.7. The van der Waals surface area contributed by atoms with Crippen LogP contribution in [0.1, 0.15) is 12.0 Å². The highest BCUT2D eigenvalue weighted by molar-refractivity contribution is 5.86. The second-order valence-electron chi connectivity index (χ2n) is 5.18. The van der Waals surface area contributed by atoms with Gasteiger partial charge in [0, 0.05) is 19.5 Å². The van der Waals surface area contributed by atoms with E-state index in [2.05, 4.69) is 0 Å². The summed E-state index contributed by atoms with van der Waals surface area (Å²) >= 11 is 0. The maximum absolute atomic E-state index is 12.0. The van der Waals surface area contributed by atoms with Crippen LogP contribution in [0.5, 0.6) is 11.5 Å². The number of rotatable bonds is 3. The summed E-state index contributed by atoms with van der Waals surface area (Å²) in [5.41, 5.74) is 0.957. The summed E-state index contributed by atoms with van der Waals surface area (Å²) in [6.45, 7) is 1.95. The van der Waals surface area contributed by atoms with E-state index in [1.54, 1.807) is 4.90 Å². The van der Waals surface area contributed by atoms with Crippen LogP contribution in [0.4, 0.5) is 0 Å². The van der Waals surface area contributed by atoms with Gasteiger partial charge >= 0.3 is 5.97 Å². The first-order chi connectivity index (χ1) is 10.2. The molecule has 1 aromatic rings. The zero-order valence-electron chi connectivity index (χ0n) is 11.8. The number of carbonyl (C=O) groups is 2. The van der Waals surface area contributed by atoms with Crippen LogP contribution in [0.15, 0.2) is 18.2 Å². The zero-order valence-corrected chi connectivity index (χ0v) is 11.8. The number of esters is 1. The van der Waals surface area contributed by atoms with Gasteiger partial charge in [-0.3, -0.25) is 9.59 Å². The summed E-state index contributed by atoms with van der Waals surface area (Å²) in [6, 6.07) is 5.64. The molecule has 112 valence electrons. The highest BCUT2D eigenvalue weighted by Crippen LogP contribution is 2.31. The molecule has 2 heterocycles. The topological polar surface area (TPSA) is 65.1 Å². The van der Waals surface area contributed by atoms with Gasteiger partial charge in [-0.25, -0.2) is 0 Å². The number of hydrogen-bond acceptors (Lipinski definition) is 5. The minimum absolute atomic E-state index is 0.0275. The van der Waals surface area contributed by atoms with Gasteiger partial charge in [-0.15, -0.1) is 0 Å². The van der Waals surface area contributed by atoms with E-state index in [-0.39, 0.29) is 24.2 Å². The molecule has 1 fully saturated rings. The third-order valence-corrected chi connectivity index (χ3v) is 3.73. The first-order valence-corrected chi connectivity index (χ1v) is 6.91. The van der Waals surface area contributed by atoms with Crippen molar-refractivity contribution in [2.24, 2.45) is 5.92 Å². The van der Waals surface area contributed by atoms with Gasteiger partial charge in [-0.2, -0.15) is 0 Å². The monoisotopic (exact) mass is 291 g/mol. The summed E-state index contributed by atoms with van der Waals surface area (Å²) in [7, 11) is 1.34. The predicted octanol–water partition coefficient (Wildman–Crippen LogP) is 0.979. The molecule has 3 rings (SSSR count). The molecule has 1 saturated heterocycles. The van der Waals surface area contributed by atoms with Gasteiger partial charge in [0.15, 0.2) is 11.5 Å². The molecular formula is C15H17NO5. The molecule has 2 aliphatic rings. The molecular weight excluding hydrogens is 274 g/mol. The first-order valence-electron chi connectivity index (χ1n) is 6.91. The van der Waals surface area contributed by atoms with Crippen molar-refractivity contribution >= 4 is 11.9 Å². The number of ether oxygens (including phenoxy) is 3. The number of methoxy groups -OCH3 is 1. The van der Waals surface area contributed by atoms with Gasteiger partial charge in [0.05, 0.1) is 13.0 Å². The van der Waals surface area contributed by atoms with Crippen LogP contribution >= 0.6 is 0 Å². The Kier molecular flexibility index (Phi) is 3.68. The highest BCUT2D eigenvalue weighted by atomic mass is 16.6. The largest absolute Gasteiger partial charge is 0.486 e. The molecule has 1 aromatic carbocycles. The quantitative estimate of drug-likeness (QED) is 0.777. The molecule has 0 aromatic heterocycles. The molecule has 0 spiro atoms. The van der Waals surface area contributed by atoms with Crippen molar-refractivity contribution in [3.8, 4) is 11.5 Å². The summed E-state index contributed by atoms with van der Waals surface area (Å²) in [5.74, 6) is 0.716. The van der Waals surface area contributed by atoms with Gasteiger partial charge in [0.25, 0.3) is 0 Å². The lowest BCUT2D eigenvalue weighted by atomic mass is 10.1. The van der Waals surface area contributed by atoms with Crippen LogP contribution in [0.2, 0.25) is 0 Å². The molecule has 2 aliphatic heterocycles. The molecule has 6 heteroatoms. The SMILES string of the molecule is COC(=O)C1CC(=O)N(Cc2ccc3c(c2)OCCO3)C1. The average molecular weight is 291 g/mol. The number of likely N-dealkylation sites (tertiary alicyclic amines) is 1. The van der Waals surface area contributed by atoms with Crippen molar-refractivity contribution in [1.82, 2.24) is 4.90 Å². The van der Waals surface area contributed by atoms with Crippen molar-refractivity contribution in [3.05, 3.63) is 23.8 Å². The Morgan fingerprint density at radius 2 is 2.10 bits per heavy atom. The minimum atomic E-state index is -0.361. The summed E-state index contributed by atoms with van der Waals surface area (Å²) in [4.78, 5) is 25.1. The standard InChI is InChI=1S/C15H17NO5/c1-19-15(18)11-7-14(17)16(9-11)8-10-2-3-12-13(6-10)21-5-4-20-12/h2-3,6,11H,4-5,7-9H2,1H3. The molecule has 0 bridgehead atoms. The van der Waals surface area contributed by atoms with Crippen LogP contribution in [-0.2, 0) is 20.9 Å². The molecule has 1 unspecified atom stereocenters. The Balaban J connectivity index is 1.69. The smallest absolute Gasteiger partial charge is 0.310 e. The lowest BCUT2D eigenvalue weighted by Crippen LogP contribution is -2.26. The third kappa shape index (κ3) is 2.79. The molecule has 0 N–H and O–H groups in total. The van der Waals surface area contributed by atoms with Crippen LogP contribution < -0.4 is 9.47 Å². The fourth-order valence-electron chi connectivity index (χ4n) is 2.66. The van der Waals surface area contributed by atoms with E-state index >= 15 is 0 Å². The minimum Gasteiger partial charge on any atom is -0.486 e. The van der Waals surface area contributed by atoms with Crippen LogP contribution in [0, 0.1) is 5.92 Å². The molecule has 6 nitrogen and oxygen atoms in total. The summed E-state index contributed by atoms with van der Waals surface area (Å²) in [6.07, 6.45) is 0.219. The molecule has 21 heavy (non-hydrogen) atoms. The fraction of sp³-hybridized carbons (Fsp3) is 0.467. The second kappa shape index (κ2) is 5.63. The van der Waals surface area contributed by atoms with Crippen LogP contribution in [0.3, 0.4) is 0 Å². The van der Waals surface area contributed by atoms with Gasteiger partial charge in [-0.05, 0) is 17.7 Å². The maximum atomic E-state index is 12.0. The average Bonchev–Trinajstić information content (AvgIpc) is 2.87. The number of benzene rings is 1. The molecule has 0 saturated carbocycles. The summed E-state index contributed by atoms with van der Waals surface area (Å²) in [5, 5.41) is 0. The Bertz CT molecular complexity index is 571. The number of fused-ring (bicyclic) bond motifs is 1. The molecule has 0 radical (unpaired) electrons. The molecule has 1 amide bonds. The van der Waals surface area contributed by atoms with Crippen molar-refractivity contribution in [1.29, 1.82) is 0 Å². The van der Waals surface area contributed by atoms with Crippen molar-refractivity contribution in [2.45, 2.75) is 13.0 Å². The van der Waals surface area contributed by atoms with E-state index in [0.29, 0.717) is 32.1 Å². The van der Waals surface area contributed by atoms with Gasteiger partial charge < -0.3 is 19.1 Å². The fourth-order valence-corrected chi connectivity index (χ4v) is 2.66. The highest BCUT2D eigenvalue weighted by Gasteiger charge is 2.35. The molecule has 0 aliphatic carbocycles. The predicted molar refractivity (Wildman–Crippen MR) is 73.0 cm³/mol. The Morgan fingerprint density at radius 3 is 2.86 bits per heavy atom. The van der Waals surface area contributed by atoms with Crippen LogP contribution in [-0.4, -0.2) is 43.6 Å². The lowest BCUT2D eigenvalue weighted by molar-refractivity contribution is -0.145. The van der Waals surface area contributed by atoms with E-state index in [0.717, 1.165) is 11.3 Å². The lowest BCUT2D eigenvalue weighted by Gasteiger charge is -2.21. The Hall–Kier alpha value is -2.24. The normalized spacial score (nSPS) is 20.5. The second-order valence-corrected chi connectivity index (χ2v) is 5.18. The van der Waals surface area contributed by atoms with E-state index in [1.807, 2.05) is 18.2 Å². The number of carbonyl (C=O) groups excluding carboxylic acids is 2. The number of amides is 1. The first kappa shape index (κ1) is 13.7. The van der Waals surface area contributed by atoms with E-state index in [9.17, 15) is 9.59 Å². The van der Waals surface area contributed by atoms with Gasteiger partial charge in [0.2, 0.25) is 5.91 Å².